The van der Waals surface area contributed by atoms with E-state index in [0.29, 0.717) is 12.1 Å². The topological polar surface area (TPSA) is 94.6 Å². The van der Waals surface area contributed by atoms with Gasteiger partial charge in [0.15, 0.2) is 0 Å². The van der Waals surface area contributed by atoms with Gasteiger partial charge in [0.25, 0.3) is 19.7 Å². The van der Waals surface area contributed by atoms with Gasteiger partial charge in [-0.15, -0.1) is 0 Å². The quantitative estimate of drug-likeness (QED) is 0.355. The van der Waals surface area contributed by atoms with Gasteiger partial charge in [-0.2, -0.15) is 43.9 Å². The summed E-state index contributed by atoms with van der Waals surface area (Å²) in [4.78, 5) is 11.7. The van der Waals surface area contributed by atoms with E-state index >= 15 is 0 Å². The molecule has 171 valence electrons. The Morgan fingerprint density at radius 1 is 0.710 bits per heavy atom. The third-order valence-corrected chi connectivity index (χ3v) is 8.90. The molecule has 1 aliphatic heterocycles. The van der Waals surface area contributed by atoms with Crippen LogP contribution in [0.25, 0.3) is 0 Å². The van der Waals surface area contributed by atoms with Gasteiger partial charge in [0.05, 0.1) is 5.56 Å². The van der Waals surface area contributed by atoms with Crippen molar-refractivity contribution in [3.63, 3.8) is 0 Å². The molecule has 0 aromatic heterocycles. The van der Waals surface area contributed by atoms with Crippen molar-refractivity contribution < 1.29 is 70.3 Å². The first-order valence-corrected chi connectivity index (χ1v) is 9.78. The number of alkyl halides is 10. The van der Waals surface area contributed by atoms with Crippen LogP contribution in [-0.4, -0.2) is 64.5 Å². The van der Waals surface area contributed by atoms with E-state index in [1.165, 1.54) is 0 Å². The Kier molecular flexibility index (Phi) is 6.44. The second kappa shape index (κ2) is 7.25. The molecule has 0 unspecified atom stereocenters. The van der Waals surface area contributed by atoms with Gasteiger partial charge in [0.2, 0.25) is 0 Å². The zero-order chi connectivity index (χ0) is 23.8. The second-order valence-electron chi connectivity index (χ2n) is 5.53. The molecule has 0 bridgehead atoms. The van der Waals surface area contributed by atoms with Crippen molar-refractivity contribution >= 4 is 44.5 Å². The van der Waals surface area contributed by atoms with E-state index < -0.39 is 63.9 Å². The van der Waals surface area contributed by atoms with E-state index in [-0.39, 0.29) is 24.9 Å². The van der Waals surface area contributed by atoms with Gasteiger partial charge in [-0.1, -0.05) is 18.2 Å². The summed E-state index contributed by atoms with van der Waals surface area (Å²) in [5, 5.41) is -14.5. The number of hydrogen-bond acceptors (Lipinski definition) is 6. The van der Waals surface area contributed by atoms with Crippen LogP contribution in [0.4, 0.5) is 43.9 Å². The zero-order valence-electron chi connectivity index (χ0n) is 14.4. The molecule has 0 fully saturated rings. The SMILES string of the molecule is O=C1OC(S(=O)(=O)C(F)(F)C(F)(F)F)(S(=O)(=O)C(F)(F)C(F)(F)F)c2ccccc21.[Li]. The third kappa shape index (κ3) is 3.24. The van der Waals surface area contributed by atoms with Crippen LogP contribution in [0.3, 0.4) is 0 Å². The predicted molar refractivity (Wildman–Crippen MR) is 79.1 cm³/mol. The molecule has 1 radical (unpaired) electrons. The van der Waals surface area contributed by atoms with Gasteiger partial charge in [-0.25, -0.2) is 21.6 Å². The van der Waals surface area contributed by atoms with Gasteiger partial charge < -0.3 is 4.74 Å². The molecule has 2 rings (SSSR count). The molecular weight excluding hydrogens is 501 g/mol. The van der Waals surface area contributed by atoms with Crippen LogP contribution in [0.1, 0.15) is 15.9 Å². The van der Waals surface area contributed by atoms with E-state index in [4.69, 9.17) is 0 Å². The molecular formula is C12H4F10LiO6S2. The average Bonchev–Trinajstić information content (AvgIpc) is 2.87. The van der Waals surface area contributed by atoms with E-state index in [1.54, 1.807) is 0 Å². The Balaban J connectivity index is 0.00000480. The molecule has 0 spiro atoms. The van der Waals surface area contributed by atoms with Crippen LogP contribution >= 0.6 is 0 Å². The molecule has 0 N–H and O–H groups in total. The molecule has 1 aromatic carbocycles. The summed E-state index contributed by atoms with van der Waals surface area (Å²) in [7, 11) is -16.1. The number of halogens is 10. The molecule has 0 saturated heterocycles. The molecule has 31 heavy (non-hydrogen) atoms. The summed E-state index contributed by atoms with van der Waals surface area (Å²) < 4.78 is 177. The van der Waals surface area contributed by atoms with Crippen molar-refractivity contribution in [2.24, 2.45) is 0 Å². The molecule has 0 aliphatic carbocycles. The monoisotopic (exact) mass is 505 g/mol. The van der Waals surface area contributed by atoms with E-state index in [2.05, 4.69) is 4.74 Å². The van der Waals surface area contributed by atoms with Crippen molar-refractivity contribution in [3.8, 4) is 0 Å². The first kappa shape index (κ1) is 27.5. The Labute approximate surface area is 177 Å². The number of hydrogen-bond donors (Lipinski definition) is 0. The van der Waals surface area contributed by atoms with Gasteiger partial charge >= 0.3 is 33.1 Å². The number of rotatable bonds is 4. The molecule has 1 aromatic rings. The standard InChI is InChI=1S/C12H4F10O6S2.Li/c13-9(14,15)11(19,20)29(24,25)8(30(26,27)12(21,22)10(16,17)18)6-4-2-1-3-5(6)7(23)28-8;/h1-4H;. The molecule has 1 heterocycles. The number of benzene rings is 1. The van der Waals surface area contributed by atoms with E-state index in [1.807, 2.05) is 0 Å². The van der Waals surface area contributed by atoms with Gasteiger partial charge in [0.1, 0.15) is 0 Å². The minimum absolute atomic E-state index is 0. The fraction of sp³-hybridized carbons (Fsp3) is 0.417. The summed E-state index contributed by atoms with van der Waals surface area (Å²) in [6, 6.07) is 1.52. The third-order valence-electron chi connectivity index (χ3n) is 3.75. The maximum absolute atomic E-state index is 13.7. The molecule has 1 aliphatic rings. The summed E-state index contributed by atoms with van der Waals surface area (Å²) in [6.45, 7) is 0. The van der Waals surface area contributed by atoms with E-state index in [0.717, 1.165) is 6.07 Å². The Bertz CT molecular complexity index is 1050. The molecule has 6 nitrogen and oxygen atoms in total. The molecule has 0 saturated carbocycles. The fourth-order valence-electron chi connectivity index (χ4n) is 2.35. The molecule has 0 amide bonds. The number of cyclic esters (lactones) is 1. The number of fused-ring (bicyclic) bond motifs is 1. The smallest absolute Gasteiger partial charge is 0.419 e. The van der Waals surface area contributed by atoms with Gasteiger partial charge in [-0.05, 0) is 6.07 Å². The van der Waals surface area contributed by atoms with Crippen LogP contribution in [0.2, 0.25) is 0 Å². The van der Waals surface area contributed by atoms with Gasteiger partial charge in [-0.3, -0.25) is 0 Å². The summed E-state index contributed by atoms with van der Waals surface area (Å²) in [5.41, 5.74) is -3.54. The van der Waals surface area contributed by atoms with Crippen LogP contribution in [0, 0.1) is 0 Å². The number of carbonyl (C=O) groups is 1. The van der Waals surface area contributed by atoms with Gasteiger partial charge in [0, 0.05) is 24.4 Å². The maximum atomic E-state index is 13.7. The van der Waals surface area contributed by atoms with Crippen molar-refractivity contribution in [1.29, 1.82) is 0 Å². The maximum Gasteiger partial charge on any atom is 0.469 e. The van der Waals surface area contributed by atoms with Crippen LogP contribution in [0.5, 0.6) is 0 Å². The normalized spacial score (nSPS) is 17.5. The van der Waals surface area contributed by atoms with E-state index in [9.17, 15) is 65.5 Å². The number of sulfone groups is 2. The molecule has 19 heteroatoms. The number of carbonyl (C=O) groups excluding carboxylic acids is 1. The van der Waals surface area contributed by atoms with Crippen LogP contribution < -0.4 is 0 Å². The average molecular weight is 505 g/mol. The first-order chi connectivity index (χ1) is 13.1. The second-order valence-corrected chi connectivity index (χ2v) is 9.97. The first-order valence-electron chi connectivity index (χ1n) is 6.81. The fourth-order valence-corrected chi connectivity index (χ4v) is 6.72. The van der Waals surface area contributed by atoms with Crippen LogP contribution in [-0.2, 0) is 28.7 Å². The summed E-state index contributed by atoms with van der Waals surface area (Å²) in [6.07, 6.45) is -14.4. The molecule has 0 atom stereocenters. The largest absolute Gasteiger partial charge is 0.469 e. The number of esters is 1. The minimum Gasteiger partial charge on any atom is -0.419 e. The van der Waals surface area contributed by atoms with Crippen LogP contribution in [0.15, 0.2) is 24.3 Å². The van der Waals surface area contributed by atoms with Crippen molar-refractivity contribution in [1.82, 2.24) is 0 Å². The zero-order valence-corrected chi connectivity index (χ0v) is 16.0. The van der Waals surface area contributed by atoms with Crippen molar-refractivity contribution in [3.05, 3.63) is 35.4 Å². The van der Waals surface area contributed by atoms with Crippen molar-refractivity contribution in [2.75, 3.05) is 0 Å². The summed E-state index contributed by atoms with van der Waals surface area (Å²) in [5.74, 6) is -2.35. The Hall–Kier alpha value is -1.51. The predicted octanol–water partition coefficient (Wildman–Crippen LogP) is 2.73. The Morgan fingerprint density at radius 2 is 1.06 bits per heavy atom. The number of ether oxygens (including phenoxy) is 1. The minimum atomic E-state index is -8.07. The summed E-state index contributed by atoms with van der Waals surface area (Å²) >= 11 is 0. The Morgan fingerprint density at radius 3 is 1.42 bits per heavy atom. The van der Waals surface area contributed by atoms with Crippen molar-refractivity contribution in [2.45, 2.75) is 27.1 Å².